The summed E-state index contributed by atoms with van der Waals surface area (Å²) >= 11 is 0. The molecule has 5 heterocycles. The molecule has 1 spiro atoms. The number of nitrogens with one attached hydrogen (secondary N) is 2. The van der Waals surface area contributed by atoms with Crippen LogP contribution in [0.15, 0.2) is 12.3 Å². The van der Waals surface area contributed by atoms with Crippen LogP contribution in [-0.2, 0) is 22.1 Å². The molecule has 0 radical (unpaired) electrons. The third-order valence-corrected chi connectivity index (χ3v) is 8.41. The lowest BCUT2D eigenvalue weighted by Crippen LogP contribution is -2.63. The lowest BCUT2D eigenvalue weighted by molar-refractivity contribution is -0.140. The summed E-state index contributed by atoms with van der Waals surface area (Å²) < 4.78 is 44.7. The fourth-order valence-electron chi connectivity index (χ4n) is 6.53. The predicted molar refractivity (Wildman–Crippen MR) is 122 cm³/mol. The second-order valence-electron chi connectivity index (χ2n) is 10.8. The Bertz CT molecular complexity index is 1170. The Kier molecular flexibility index (Phi) is 5.62. The lowest BCUT2D eigenvalue weighted by Gasteiger charge is -2.53. The van der Waals surface area contributed by atoms with Gasteiger partial charge in [-0.25, -0.2) is 4.79 Å². The van der Waals surface area contributed by atoms with Crippen LogP contribution in [-0.4, -0.2) is 81.9 Å². The van der Waals surface area contributed by atoms with E-state index in [0.29, 0.717) is 19.0 Å². The van der Waals surface area contributed by atoms with E-state index >= 15 is 0 Å². The molecule has 2 N–H and O–H groups in total. The summed E-state index contributed by atoms with van der Waals surface area (Å²) in [4.78, 5) is 32.8. The Balaban J connectivity index is 0.998. The molecule has 1 aliphatic carbocycles. The number of morpholine rings is 1. The van der Waals surface area contributed by atoms with Crippen molar-refractivity contribution in [1.29, 1.82) is 0 Å². The van der Waals surface area contributed by atoms with Crippen molar-refractivity contribution in [2.75, 3.05) is 32.8 Å². The number of carbonyl (C=O) groups is 2. The second-order valence-corrected chi connectivity index (χ2v) is 10.8. The Morgan fingerprint density at radius 1 is 1.19 bits per heavy atom. The van der Waals surface area contributed by atoms with Crippen LogP contribution in [0.3, 0.4) is 0 Å². The van der Waals surface area contributed by atoms with Crippen LogP contribution in [0.4, 0.5) is 18.0 Å². The average Bonchev–Trinajstić information content (AvgIpc) is 3.26. The molecule has 194 valence electrons. The van der Waals surface area contributed by atoms with E-state index in [1.807, 2.05) is 9.80 Å². The molecule has 0 unspecified atom stereocenters. The molecule has 4 fully saturated rings. The number of pyridine rings is 1. The molecule has 2 aromatic rings. The zero-order valence-corrected chi connectivity index (χ0v) is 19.8. The van der Waals surface area contributed by atoms with Gasteiger partial charge in [-0.2, -0.15) is 18.3 Å². The number of aromatic nitrogens is 3. The second kappa shape index (κ2) is 8.60. The summed E-state index contributed by atoms with van der Waals surface area (Å²) in [5, 5.41) is 8.84. The Labute approximate surface area is 205 Å². The SMILES string of the molecule is O=C1CO[C@H]2CCN(C(=O)N3CCC4(CC3)CC(Cc3cc5n[nH]c(C(F)(F)F)c5cn3)C4)C[C@H]2N1. The van der Waals surface area contributed by atoms with Gasteiger partial charge in [-0.15, -0.1) is 0 Å². The highest BCUT2D eigenvalue weighted by molar-refractivity contribution is 5.81. The number of urea groups is 1. The Hall–Kier alpha value is -2.89. The van der Waals surface area contributed by atoms with E-state index < -0.39 is 11.9 Å². The monoisotopic (exact) mass is 506 g/mol. The van der Waals surface area contributed by atoms with E-state index in [1.54, 1.807) is 6.07 Å². The van der Waals surface area contributed by atoms with Gasteiger partial charge >= 0.3 is 12.2 Å². The highest BCUT2D eigenvalue weighted by Crippen LogP contribution is 2.53. The number of fused-ring (bicyclic) bond motifs is 2. The minimum absolute atomic E-state index is 0.00371. The molecule has 0 bridgehead atoms. The Morgan fingerprint density at radius 2 is 1.97 bits per heavy atom. The number of nitrogens with zero attached hydrogens (tertiary/aromatic N) is 4. The first-order chi connectivity index (χ1) is 17.2. The number of rotatable bonds is 2. The largest absolute Gasteiger partial charge is 0.433 e. The molecule has 6 rings (SSSR count). The third kappa shape index (κ3) is 4.29. The van der Waals surface area contributed by atoms with Crippen LogP contribution in [0.25, 0.3) is 10.9 Å². The highest BCUT2D eigenvalue weighted by atomic mass is 19.4. The van der Waals surface area contributed by atoms with Gasteiger partial charge in [0.2, 0.25) is 5.91 Å². The van der Waals surface area contributed by atoms with Crippen molar-refractivity contribution < 1.29 is 27.5 Å². The van der Waals surface area contributed by atoms with Crippen LogP contribution >= 0.6 is 0 Å². The van der Waals surface area contributed by atoms with Gasteiger partial charge in [0, 0.05) is 38.1 Å². The first-order valence-electron chi connectivity index (χ1n) is 12.5. The maximum absolute atomic E-state index is 13.1. The number of ether oxygens (including phenoxy) is 1. The lowest BCUT2D eigenvalue weighted by atomic mass is 9.56. The number of amides is 3. The standard InChI is InChI=1S/C24H29F3N6O3/c25-24(26,27)21-16-11-28-15(8-17(16)30-31-21)7-14-9-23(10-14)2-5-32(6-3-23)22(35)33-4-1-19-18(12-33)29-20(34)13-36-19/h8,11,14,18-19H,1-7,9-10,12-13H2,(H,29,34)(H,30,31)/t18-,19+/m1/s1. The number of carbonyl (C=O) groups excluding carboxylic acids is 2. The van der Waals surface area contributed by atoms with E-state index in [0.717, 1.165) is 57.3 Å². The van der Waals surface area contributed by atoms with Crippen LogP contribution in [0.5, 0.6) is 0 Å². The normalized spacial score (nSPS) is 26.6. The van der Waals surface area contributed by atoms with Crippen molar-refractivity contribution in [3.8, 4) is 0 Å². The zero-order valence-electron chi connectivity index (χ0n) is 19.8. The maximum atomic E-state index is 13.1. The van der Waals surface area contributed by atoms with Gasteiger partial charge in [-0.05, 0) is 55.9 Å². The number of piperidine rings is 2. The van der Waals surface area contributed by atoms with E-state index in [-0.39, 0.29) is 47.0 Å². The fraction of sp³-hybridized carbons (Fsp3) is 0.667. The molecule has 36 heavy (non-hydrogen) atoms. The van der Waals surface area contributed by atoms with Crippen molar-refractivity contribution in [2.24, 2.45) is 11.3 Å². The van der Waals surface area contributed by atoms with E-state index in [4.69, 9.17) is 4.74 Å². The topological polar surface area (TPSA) is 103 Å². The van der Waals surface area contributed by atoms with Crippen LogP contribution in [0, 0.1) is 11.3 Å². The van der Waals surface area contributed by atoms with Gasteiger partial charge in [-0.3, -0.25) is 14.9 Å². The average molecular weight is 507 g/mol. The summed E-state index contributed by atoms with van der Waals surface area (Å²) in [6.45, 7) is 2.65. The molecule has 9 nitrogen and oxygen atoms in total. The molecule has 1 saturated carbocycles. The van der Waals surface area contributed by atoms with Crippen molar-refractivity contribution in [2.45, 2.75) is 56.8 Å². The van der Waals surface area contributed by atoms with Crippen LogP contribution < -0.4 is 5.32 Å². The smallest absolute Gasteiger partial charge is 0.366 e. The van der Waals surface area contributed by atoms with E-state index in [1.165, 1.54) is 6.20 Å². The predicted octanol–water partition coefficient (Wildman–Crippen LogP) is 2.72. The summed E-state index contributed by atoms with van der Waals surface area (Å²) in [6.07, 6.45) is 2.21. The Morgan fingerprint density at radius 3 is 2.72 bits per heavy atom. The van der Waals surface area contributed by atoms with Gasteiger partial charge in [0.1, 0.15) is 12.3 Å². The maximum Gasteiger partial charge on any atom is 0.433 e. The zero-order chi connectivity index (χ0) is 25.1. The summed E-state index contributed by atoms with van der Waals surface area (Å²) in [6, 6.07) is 1.55. The molecular formula is C24H29F3N6O3. The quantitative estimate of drug-likeness (QED) is 0.652. The molecule has 0 aromatic carbocycles. The summed E-state index contributed by atoms with van der Waals surface area (Å²) in [5.41, 5.74) is 0.426. The van der Waals surface area contributed by atoms with Crippen molar-refractivity contribution in [3.05, 3.63) is 23.7 Å². The van der Waals surface area contributed by atoms with E-state index in [9.17, 15) is 22.8 Å². The van der Waals surface area contributed by atoms with Gasteiger partial charge < -0.3 is 19.9 Å². The molecule has 3 aliphatic heterocycles. The first kappa shape index (κ1) is 23.5. The highest BCUT2D eigenvalue weighted by Gasteiger charge is 2.47. The summed E-state index contributed by atoms with van der Waals surface area (Å²) in [5.74, 6) is 0.308. The van der Waals surface area contributed by atoms with Gasteiger partial charge in [0.25, 0.3) is 0 Å². The molecule has 3 amide bonds. The summed E-state index contributed by atoms with van der Waals surface area (Å²) in [7, 11) is 0. The number of aromatic amines is 1. The molecule has 2 aromatic heterocycles. The minimum Gasteiger partial charge on any atom is -0.366 e. The van der Waals surface area contributed by atoms with Gasteiger partial charge in [0.15, 0.2) is 0 Å². The first-order valence-corrected chi connectivity index (χ1v) is 12.5. The number of hydrogen-bond acceptors (Lipinski definition) is 5. The van der Waals surface area contributed by atoms with Crippen molar-refractivity contribution in [3.63, 3.8) is 0 Å². The van der Waals surface area contributed by atoms with Crippen molar-refractivity contribution >= 4 is 22.8 Å². The molecular weight excluding hydrogens is 477 g/mol. The molecule has 4 aliphatic rings. The number of likely N-dealkylation sites (tertiary alicyclic amines) is 2. The van der Waals surface area contributed by atoms with Crippen LogP contribution in [0.1, 0.15) is 43.5 Å². The number of hydrogen-bond donors (Lipinski definition) is 2. The number of H-pyrrole nitrogens is 1. The minimum atomic E-state index is -4.48. The van der Waals surface area contributed by atoms with Gasteiger partial charge in [-0.1, -0.05) is 0 Å². The third-order valence-electron chi connectivity index (χ3n) is 8.41. The number of alkyl halides is 3. The molecule has 3 saturated heterocycles. The fourth-order valence-corrected chi connectivity index (χ4v) is 6.53. The van der Waals surface area contributed by atoms with Gasteiger partial charge in [0.05, 0.1) is 23.0 Å². The van der Waals surface area contributed by atoms with E-state index in [2.05, 4.69) is 20.5 Å². The van der Waals surface area contributed by atoms with Crippen LogP contribution in [0.2, 0.25) is 0 Å². The number of halogens is 3. The van der Waals surface area contributed by atoms with Crippen molar-refractivity contribution in [1.82, 2.24) is 30.3 Å². The molecule has 2 atom stereocenters. The molecule has 12 heteroatoms.